The Hall–Kier alpha value is -3.76. The highest BCUT2D eigenvalue weighted by Crippen LogP contribution is 2.35. The van der Waals surface area contributed by atoms with E-state index < -0.39 is 0 Å². The molecule has 170 valence electrons. The van der Waals surface area contributed by atoms with E-state index in [4.69, 9.17) is 0 Å². The maximum Gasteiger partial charge on any atom is 0.269 e. The number of pyridine rings is 1. The molecule has 0 spiro atoms. The lowest BCUT2D eigenvalue weighted by Gasteiger charge is -2.33. The van der Waals surface area contributed by atoms with Crippen molar-refractivity contribution < 1.29 is 9.18 Å². The minimum atomic E-state index is -0.336. The molecule has 34 heavy (non-hydrogen) atoms. The van der Waals surface area contributed by atoms with Gasteiger partial charge < -0.3 is 9.47 Å². The summed E-state index contributed by atoms with van der Waals surface area (Å²) >= 11 is 1.44. The van der Waals surface area contributed by atoms with Crippen molar-refractivity contribution in [1.29, 1.82) is 5.26 Å². The van der Waals surface area contributed by atoms with Crippen LogP contribution in [0.25, 0.3) is 10.9 Å². The van der Waals surface area contributed by atoms with E-state index in [1.165, 1.54) is 23.5 Å². The molecule has 1 aliphatic heterocycles. The molecule has 3 heterocycles. The zero-order chi connectivity index (χ0) is 23.7. The van der Waals surface area contributed by atoms with Crippen LogP contribution in [0.5, 0.6) is 0 Å². The van der Waals surface area contributed by atoms with E-state index in [-0.39, 0.29) is 35.3 Å². The first-order chi connectivity index (χ1) is 16.6. The number of nitrogens with zero attached hydrogens (tertiary/aromatic N) is 3. The van der Waals surface area contributed by atoms with Crippen LogP contribution in [0.1, 0.15) is 45.1 Å². The molecule has 0 N–H and O–H groups in total. The van der Waals surface area contributed by atoms with Crippen LogP contribution in [-0.2, 0) is 6.54 Å². The summed E-state index contributed by atoms with van der Waals surface area (Å²) in [6, 6.07) is 19.5. The molecule has 1 amide bonds. The smallest absolute Gasteiger partial charge is 0.269 e. The number of nitriles is 1. The fourth-order valence-electron chi connectivity index (χ4n) is 4.82. The highest BCUT2D eigenvalue weighted by molar-refractivity contribution is 7.12. The van der Waals surface area contributed by atoms with E-state index >= 15 is 0 Å². The maximum atomic E-state index is 13.5. The maximum absolute atomic E-state index is 13.5. The fraction of sp³-hybridized carbons (Fsp3) is 0.222. The second-order valence-electron chi connectivity index (χ2n) is 8.48. The molecule has 0 aliphatic carbocycles. The summed E-state index contributed by atoms with van der Waals surface area (Å²) in [5, 5.41) is 12.8. The van der Waals surface area contributed by atoms with Gasteiger partial charge in [-0.25, -0.2) is 4.39 Å². The molecule has 0 saturated carbocycles. The van der Waals surface area contributed by atoms with E-state index in [0.29, 0.717) is 25.9 Å². The number of rotatable bonds is 4. The lowest BCUT2D eigenvalue weighted by molar-refractivity contribution is 0.0718. The summed E-state index contributed by atoms with van der Waals surface area (Å²) in [5.74, 6) is -0.286. The number of amides is 1. The Balaban J connectivity index is 1.51. The van der Waals surface area contributed by atoms with Crippen LogP contribution in [0.4, 0.5) is 4.39 Å². The van der Waals surface area contributed by atoms with Crippen molar-refractivity contribution in [1.82, 2.24) is 9.47 Å². The SMILES string of the molecule is N#Cc1c(C2CCN(C(=O)c3cccs3)CC2)c2ccccc2n(Cc2ccc(F)cc2)c1=O. The molecule has 0 radical (unpaired) electrons. The largest absolute Gasteiger partial charge is 0.338 e. The van der Waals surface area contributed by atoms with Gasteiger partial charge in [0.2, 0.25) is 0 Å². The minimum Gasteiger partial charge on any atom is -0.338 e. The van der Waals surface area contributed by atoms with Gasteiger partial charge in [-0.05, 0) is 59.5 Å². The zero-order valence-electron chi connectivity index (χ0n) is 18.4. The first kappa shape index (κ1) is 22.1. The summed E-state index contributed by atoms with van der Waals surface area (Å²) in [7, 11) is 0. The van der Waals surface area contributed by atoms with Crippen LogP contribution in [0.3, 0.4) is 0 Å². The molecule has 0 unspecified atom stereocenters. The summed E-state index contributed by atoms with van der Waals surface area (Å²) in [4.78, 5) is 28.8. The van der Waals surface area contributed by atoms with E-state index in [1.54, 1.807) is 16.7 Å². The number of benzene rings is 2. The van der Waals surface area contributed by atoms with E-state index in [2.05, 4.69) is 6.07 Å². The number of aromatic nitrogens is 1. The molecule has 5 nitrogen and oxygen atoms in total. The zero-order valence-corrected chi connectivity index (χ0v) is 19.2. The number of hydrogen-bond donors (Lipinski definition) is 0. The van der Waals surface area contributed by atoms with Gasteiger partial charge in [0.25, 0.3) is 11.5 Å². The number of piperidine rings is 1. The second kappa shape index (κ2) is 9.24. The molecule has 1 saturated heterocycles. The predicted octanol–water partition coefficient (Wildman–Crippen LogP) is 5.14. The Morgan fingerprint density at radius 2 is 1.79 bits per heavy atom. The van der Waals surface area contributed by atoms with Gasteiger partial charge in [0, 0.05) is 18.5 Å². The van der Waals surface area contributed by atoms with Crippen molar-refractivity contribution in [2.24, 2.45) is 0 Å². The topological polar surface area (TPSA) is 66.1 Å². The third kappa shape index (κ3) is 4.02. The normalized spacial score (nSPS) is 14.3. The first-order valence-corrected chi connectivity index (χ1v) is 12.1. The molecule has 1 aliphatic rings. The van der Waals surface area contributed by atoms with Crippen molar-refractivity contribution in [2.45, 2.75) is 25.3 Å². The number of fused-ring (bicyclic) bond motifs is 1. The first-order valence-electron chi connectivity index (χ1n) is 11.2. The van der Waals surface area contributed by atoms with Crippen LogP contribution in [0.2, 0.25) is 0 Å². The van der Waals surface area contributed by atoms with Crippen LogP contribution in [0, 0.1) is 17.1 Å². The van der Waals surface area contributed by atoms with Gasteiger partial charge in [-0.1, -0.05) is 36.4 Å². The Kier molecular flexibility index (Phi) is 5.99. The average molecular weight is 472 g/mol. The van der Waals surface area contributed by atoms with Gasteiger partial charge in [-0.2, -0.15) is 5.26 Å². The van der Waals surface area contributed by atoms with Crippen LogP contribution in [0.15, 0.2) is 70.8 Å². The lowest BCUT2D eigenvalue weighted by Crippen LogP contribution is -2.38. The van der Waals surface area contributed by atoms with Gasteiger partial charge >= 0.3 is 0 Å². The molecule has 4 aromatic rings. The van der Waals surface area contributed by atoms with Gasteiger partial charge in [0.1, 0.15) is 17.4 Å². The van der Waals surface area contributed by atoms with E-state index in [0.717, 1.165) is 26.9 Å². The van der Waals surface area contributed by atoms with Crippen molar-refractivity contribution in [3.05, 3.63) is 104 Å². The molecule has 5 rings (SSSR count). The fourth-order valence-corrected chi connectivity index (χ4v) is 5.51. The van der Waals surface area contributed by atoms with E-state index in [9.17, 15) is 19.2 Å². The quantitative estimate of drug-likeness (QED) is 0.414. The van der Waals surface area contributed by atoms with E-state index in [1.807, 2.05) is 46.7 Å². The van der Waals surface area contributed by atoms with Gasteiger partial charge in [0.15, 0.2) is 0 Å². The van der Waals surface area contributed by atoms with Crippen molar-refractivity contribution in [2.75, 3.05) is 13.1 Å². The second-order valence-corrected chi connectivity index (χ2v) is 9.43. The number of carbonyl (C=O) groups excluding carboxylic acids is 1. The Morgan fingerprint density at radius 1 is 1.06 bits per heavy atom. The third-order valence-electron chi connectivity index (χ3n) is 6.50. The Morgan fingerprint density at radius 3 is 2.47 bits per heavy atom. The van der Waals surface area contributed by atoms with Gasteiger partial charge in [0.05, 0.1) is 16.9 Å². The molecule has 0 bridgehead atoms. The highest BCUT2D eigenvalue weighted by Gasteiger charge is 2.29. The number of para-hydroxylation sites is 1. The molecule has 0 atom stereocenters. The Labute approximate surface area is 200 Å². The average Bonchev–Trinajstić information content (AvgIpc) is 3.41. The summed E-state index contributed by atoms with van der Waals surface area (Å²) in [6.45, 7) is 1.42. The summed E-state index contributed by atoms with van der Waals surface area (Å²) in [6.07, 6.45) is 1.38. The number of thiophene rings is 1. The summed E-state index contributed by atoms with van der Waals surface area (Å²) < 4.78 is 15.0. The van der Waals surface area contributed by atoms with Crippen molar-refractivity contribution in [3.8, 4) is 6.07 Å². The lowest BCUT2D eigenvalue weighted by atomic mass is 9.84. The molecular formula is C27H22FN3O2S. The highest BCUT2D eigenvalue weighted by atomic mass is 32.1. The molecule has 7 heteroatoms. The van der Waals surface area contributed by atoms with Crippen LogP contribution in [-0.4, -0.2) is 28.5 Å². The number of likely N-dealkylation sites (tertiary alicyclic amines) is 1. The number of halogens is 1. The summed E-state index contributed by atoms with van der Waals surface area (Å²) in [5.41, 5.74) is 2.14. The molecule has 1 fully saturated rings. The van der Waals surface area contributed by atoms with Crippen molar-refractivity contribution in [3.63, 3.8) is 0 Å². The Bertz CT molecular complexity index is 1440. The molecule has 2 aromatic carbocycles. The number of hydrogen-bond acceptors (Lipinski definition) is 4. The van der Waals surface area contributed by atoms with Gasteiger partial charge in [-0.15, -0.1) is 11.3 Å². The van der Waals surface area contributed by atoms with Crippen molar-refractivity contribution >= 4 is 28.1 Å². The standard InChI is InChI=1S/C27H22FN3O2S/c28-20-9-7-18(8-10-20)17-31-23-5-2-1-4-21(23)25(22(16-29)26(31)32)19-11-13-30(14-12-19)27(33)24-6-3-15-34-24/h1-10,15,19H,11-14,17H2. The third-order valence-corrected chi connectivity index (χ3v) is 7.36. The minimum absolute atomic E-state index is 0.0140. The molecular weight excluding hydrogens is 449 g/mol. The van der Waals surface area contributed by atoms with Crippen LogP contribution >= 0.6 is 11.3 Å². The molecule has 2 aromatic heterocycles. The number of carbonyl (C=O) groups is 1. The van der Waals surface area contributed by atoms with Gasteiger partial charge in [-0.3, -0.25) is 9.59 Å². The monoisotopic (exact) mass is 471 g/mol. The predicted molar refractivity (Wildman–Crippen MR) is 131 cm³/mol. The van der Waals surface area contributed by atoms with Crippen LogP contribution < -0.4 is 5.56 Å².